The highest BCUT2D eigenvalue weighted by Crippen LogP contribution is 1.97. The number of carbonyl (C=O) groups is 1. The van der Waals surface area contributed by atoms with Crippen LogP contribution in [0.2, 0.25) is 0 Å². The van der Waals surface area contributed by atoms with Gasteiger partial charge in [0.15, 0.2) is 5.96 Å². The summed E-state index contributed by atoms with van der Waals surface area (Å²) < 4.78 is 4.88. The number of pyridine rings is 1. The fourth-order valence-corrected chi connectivity index (χ4v) is 0.866. The van der Waals surface area contributed by atoms with Crippen LogP contribution in [0.5, 0.6) is 0 Å². The molecule has 0 bridgehead atoms. The highest BCUT2D eigenvalue weighted by Gasteiger charge is 2.02. The molecule has 0 aliphatic rings. The first-order valence-corrected chi connectivity index (χ1v) is 4.31. The van der Waals surface area contributed by atoms with E-state index in [2.05, 4.69) is 10.3 Å². The Kier molecular flexibility index (Phi) is 4.08. The van der Waals surface area contributed by atoms with Gasteiger partial charge in [0.25, 0.3) is 0 Å². The second-order valence-corrected chi connectivity index (χ2v) is 2.79. The van der Waals surface area contributed by atoms with E-state index in [4.69, 9.17) is 15.9 Å². The van der Waals surface area contributed by atoms with E-state index in [9.17, 15) is 4.79 Å². The number of ether oxygens (including phenoxy) is 1. The maximum absolute atomic E-state index is 11.1. The Morgan fingerprint density at radius 1 is 1.67 bits per heavy atom. The van der Waals surface area contributed by atoms with Crippen LogP contribution in [0.4, 0.5) is 0 Å². The van der Waals surface area contributed by atoms with Crippen LogP contribution in [-0.4, -0.2) is 23.5 Å². The average molecular weight is 208 g/mol. The fourth-order valence-electron chi connectivity index (χ4n) is 0.866. The molecule has 1 heterocycles. The van der Waals surface area contributed by atoms with Gasteiger partial charge in [-0.3, -0.25) is 15.2 Å². The third-order valence-electron chi connectivity index (χ3n) is 1.55. The number of guanidine groups is 1. The van der Waals surface area contributed by atoms with Crippen LogP contribution in [0.1, 0.15) is 5.56 Å². The molecule has 0 atom stereocenters. The fraction of sp³-hybridized carbons (Fsp3) is 0.222. The molecule has 0 saturated carbocycles. The second-order valence-electron chi connectivity index (χ2n) is 2.79. The van der Waals surface area contributed by atoms with Gasteiger partial charge in [-0.25, -0.2) is 0 Å². The molecule has 0 aromatic carbocycles. The number of nitrogens with two attached hydrogens (primary N) is 1. The van der Waals surface area contributed by atoms with Gasteiger partial charge in [0.2, 0.25) is 0 Å². The number of hydrogen-bond donors (Lipinski definition) is 3. The van der Waals surface area contributed by atoms with Gasteiger partial charge in [-0.2, -0.15) is 0 Å². The van der Waals surface area contributed by atoms with Gasteiger partial charge < -0.3 is 15.8 Å². The Labute approximate surface area is 87.0 Å². The van der Waals surface area contributed by atoms with Crippen molar-refractivity contribution < 1.29 is 9.53 Å². The van der Waals surface area contributed by atoms with E-state index < -0.39 is 5.97 Å². The van der Waals surface area contributed by atoms with Gasteiger partial charge in [0.05, 0.1) is 0 Å². The van der Waals surface area contributed by atoms with E-state index in [1.807, 2.05) is 0 Å². The van der Waals surface area contributed by atoms with Crippen molar-refractivity contribution in [3.05, 3.63) is 30.1 Å². The van der Waals surface area contributed by atoms with E-state index in [1.54, 1.807) is 24.5 Å². The normalized spacial score (nSPS) is 9.33. The van der Waals surface area contributed by atoms with Crippen LogP contribution >= 0.6 is 0 Å². The number of rotatable bonds is 4. The quantitative estimate of drug-likeness (QED) is 0.355. The van der Waals surface area contributed by atoms with Crippen LogP contribution < -0.4 is 11.1 Å². The number of nitrogens with one attached hydrogen (secondary N) is 2. The molecule has 4 N–H and O–H groups in total. The molecule has 15 heavy (non-hydrogen) atoms. The van der Waals surface area contributed by atoms with Crippen molar-refractivity contribution in [3.63, 3.8) is 0 Å². The Morgan fingerprint density at radius 2 is 2.47 bits per heavy atom. The molecular formula is C9H12N4O2. The molecule has 0 amide bonds. The minimum atomic E-state index is -0.464. The summed E-state index contributed by atoms with van der Waals surface area (Å²) in [6, 6.07) is 3.57. The summed E-state index contributed by atoms with van der Waals surface area (Å²) >= 11 is 0. The standard InChI is InChI=1S/C9H12N4O2/c10-9(11)13-5-8(14)15-6-7-2-1-3-12-4-7/h1-4H,5-6H2,(H4,10,11,13). The van der Waals surface area contributed by atoms with Crippen molar-refractivity contribution in [3.8, 4) is 0 Å². The monoisotopic (exact) mass is 208 g/mol. The molecule has 0 fully saturated rings. The largest absolute Gasteiger partial charge is 0.459 e. The zero-order chi connectivity index (χ0) is 11.1. The maximum Gasteiger partial charge on any atom is 0.325 e. The molecule has 0 radical (unpaired) electrons. The topological polar surface area (TPSA) is 101 Å². The van der Waals surface area contributed by atoms with Crippen LogP contribution in [0.15, 0.2) is 24.5 Å². The van der Waals surface area contributed by atoms with Crippen molar-refractivity contribution in [2.45, 2.75) is 6.61 Å². The minimum absolute atomic E-state index is 0.102. The predicted octanol–water partition coefficient (Wildman–Crippen LogP) is -0.392. The average Bonchev–Trinajstić information content (AvgIpc) is 2.25. The summed E-state index contributed by atoms with van der Waals surface area (Å²) in [5.74, 6) is -0.720. The van der Waals surface area contributed by atoms with Crippen LogP contribution in [-0.2, 0) is 16.1 Å². The molecule has 0 saturated heterocycles. The molecule has 1 aromatic rings. The zero-order valence-corrected chi connectivity index (χ0v) is 8.06. The lowest BCUT2D eigenvalue weighted by atomic mass is 10.3. The first-order chi connectivity index (χ1) is 7.18. The Bertz CT molecular complexity index is 339. The van der Waals surface area contributed by atoms with Crippen molar-refractivity contribution in [2.75, 3.05) is 6.54 Å². The molecule has 1 aromatic heterocycles. The number of nitrogens with zero attached hydrogens (tertiary/aromatic N) is 1. The smallest absolute Gasteiger partial charge is 0.325 e. The number of aromatic nitrogens is 1. The maximum atomic E-state index is 11.1. The summed E-state index contributed by atoms with van der Waals surface area (Å²) in [6.07, 6.45) is 3.26. The molecule has 1 rings (SSSR count). The van der Waals surface area contributed by atoms with Crippen molar-refractivity contribution >= 4 is 11.9 Å². The Morgan fingerprint density at radius 3 is 3.07 bits per heavy atom. The van der Waals surface area contributed by atoms with Gasteiger partial charge in [-0.1, -0.05) is 6.07 Å². The summed E-state index contributed by atoms with van der Waals surface area (Å²) in [7, 11) is 0. The van der Waals surface area contributed by atoms with Gasteiger partial charge in [-0.15, -0.1) is 0 Å². The molecular weight excluding hydrogens is 196 g/mol. The van der Waals surface area contributed by atoms with Gasteiger partial charge >= 0.3 is 5.97 Å². The van der Waals surface area contributed by atoms with Crippen LogP contribution in [0, 0.1) is 5.41 Å². The SMILES string of the molecule is N=C(N)NCC(=O)OCc1cccnc1. The van der Waals surface area contributed by atoms with Gasteiger partial charge in [0.1, 0.15) is 13.2 Å². The molecule has 6 heteroatoms. The Balaban J connectivity index is 2.26. The van der Waals surface area contributed by atoms with E-state index in [1.165, 1.54) is 0 Å². The first-order valence-electron chi connectivity index (χ1n) is 4.31. The summed E-state index contributed by atoms with van der Waals surface area (Å²) in [4.78, 5) is 14.9. The molecule has 0 aliphatic heterocycles. The third-order valence-corrected chi connectivity index (χ3v) is 1.55. The van der Waals surface area contributed by atoms with Gasteiger partial charge in [0, 0.05) is 18.0 Å². The minimum Gasteiger partial charge on any atom is -0.459 e. The molecule has 0 spiro atoms. The summed E-state index contributed by atoms with van der Waals surface area (Å²) in [5, 5.41) is 9.19. The molecule has 0 aliphatic carbocycles. The van der Waals surface area contributed by atoms with Crippen LogP contribution in [0.25, 0.3) is 0 Å². The van der Waals surface area contributed by atoms with Crippen LogP contribution in [0.3, 0.4) is 0 Å². The van der Waals surface area contributed by atoms with Crippen molar-refractivity contribution in [1.29, 1.82) is 5.41 Å². The number of hydrogen-bond acceptors (Lipinski definition) is 4. The highest BCUT2D eigenvalue weighted by molar-refractivity contribution is 5.80. The van der Waals surface area contributed by atoms with E-state index >= 15 is 0 Å². The molecule has 6 nitrogen and oxygen atoms in total. The number of carbonyl (C=O) groups excluding carboxylic acids is 1. The third kappa shape index (κ3) is 4.61. The molecule has 0 unspecified atom stereocenters. The van der Waals surface area contributed by atoms with Gasteiger partial charge in [-0.05, 0) is 6.07 Å². The lowest BCUT2D eigenvalue weighted by Gasteiger charge is -2.05. The molecule has 80 valence electrons. The summed E-state index contributed by atoms with van der Waals surface area (Å²) in [5.41, 5.74) is 5.82. The lowest BCUT2D eigenvalue weighted by molar-refractivity contribution is -0.143. The lowest BCUT2D eigenvalue weighted by Crippen LogP contribution is -2.35. The zero-order valence-electron chi connectivity index (χ0n) is 8.06. The summed E-state index contributed by atoms with van der Waals surface area (Å²) in [6.45, 7) is 0.0713. The highest BCUT2D eigenvalue weighted by atomic mass is 16.5. The second kappa shape index (κ2) is 5.58. The number of esters is 1. The van der Waals surface area contributed by atoms with Crippen molar-refractivity contribution in [1.82, 2.24) is 10.3 Å². The predicted molar refractivity (Wildman–Crippen MR) is 53.9 cm³/mol. The first kappa shape index (κ1) is 11.0. The van der Waals surface area contributed by atoms with E-state index in [-0.39, 0.29) is 19.1 Å². The Hall–Kier alpha value is -2.11. The van der Waals surface area contributed by atoms with Crippen molar-refractivity contribution in [2.24, 2.45) is 5.73 Å². The van der Waals surface area contributed by atoms with E-state index in [0.717, 1.165) is 5.56 Å². The van der Waals surface area contributed by atoms with E-state index in [0.29, 0.717) is 0 Å².